The van der Waals surface area contributed by atoms with Crippen LogP contribution in [0.1, 0.15) is 16.8 Å². The summed E-state index contributed by atoms with van der Waals surface area (Å²) in [6.07, 6.45) is 0.830. The van der Waals surface area contributed by atoms with E-state index >= 15 is 0 Å². The molecule has 1 aliphatic heterocycles. The Kier molecular flexibility index (Phi) is 5.54. The summed E-state index contributed by atoms with van der Waals surface area (Å²) in [6.45, 7) is 1.80. The second-order valence-electron chi connectivity index (χ2n) is 6.48. The Balaban J connectivity index is 1.49. The molecule has 27 heavy (non-hydrogen) atoms. The van der Waals surface area contributed by atoms with E-state index in [2.05, 4.69) is 10.6 Å². The van der Waals surface area contributed by atoms with E-state index < -0.39 is 17.5 Å². The monoisotopic (exact) mass is 374 g/mol. The molecule has 142 valence electrons. The lowest BCUT2D eigenvalue weighted by Crippen LogP contribution is -2.34. The number of halogens is 2. The zero-order chi connectivity index (χ0) is 19.4. The summed E-state index contributed by atoms with van der Waals surface area (Å²) in [6, 6.07) is 9.82. The first-order valence-corrected chi connectivity index (χ1v) is 8.57. The molecule has 6 nitrogen and oxygen atoms in total. The van der Waals surface area contributed by atoms with Crippen LogP contribution in [0.3, 0.4) is 0 Å². The van der Waals surface area contributed by atoms with Gasteiger partial charge in [-0.2, -0.15) is 0 Å². The number of carbonyl (C=O) groups excluding carboxylic acids is 2. The van der Waals surface area contributed by atoms with Gasteiger partial charge in [0.1, 0.15) is 0 Å². The minimum atomic E-state index is -0.869. The highest BCUT2D eigenvalue weighted by Gasteiger charge is 2.23. The maximum atomic E-state index is 13.4. The maximum Gasteiger partial charge on any atom is 0.319 e. The lowest BCUT2D eigenvalue weighted by atomic mass is 10.1. The van der Waals surface area contributed by atoms with Gasteiger partial charge in [0.15, 0.2) is 11.6 Å². The van der Waals surface area contributed by atoms with Crippen LogP contribution in [0, 0.1) is 17.6 Å². The zero-order valence-corrected chi connectivity index (χ0v) is 14.5. The second kappa shape index (κ2) is 8.03. The molecule has 0 bridgehead atoms. The lowest BCUT2D eigenvalue weighted by Gasteiger charge is -2.19. The summed E-state index contributed by atoms with van der Waals surface area (Å²) in [5.74, 6) is -2.11. The normalized spacial score (nSPS) is 16.2. The van der Waals surface area contributed by atoms with E-state index in [1.807, 2.05) is 4.90 Å². The van der Waals surface area contributed by atoms with Crippen LogP contribution in [0.25, 0.3) is 0 Å². The Morgan fingerprint density at radius 2 is 1.96 bits per heavy atom. The third kappa shape index (κ3) is 4.72. The van der Waals surface area contributed by atoms with E-state index in [1.165, 1.54) is 12.1 Å². The molecule has 1 saturated heterocycles. The molecule has 1 unspecified atom stereocenters. The topological polar surface area (TPSA) is 87.5 Å². The van der Waals surface area contributed by atoms with Crippen LogP contribution in [0.2, 0.25) is 0 Å². The van der Waals surface area contributed by atoms with Crippen molar-refractivity contribution in [1.82, 2.24) is 5.32 Å². The molecule has 3 amide bonds. The van der Waals surface area contributed by atoms with Gasteiger partial charge >= 0.3 is 6.03 Å². The molecule has 8 heteroatoms. The SMILES string of the molecule is NC(=O)c1cccc(NC(=O)NCC2CCN(c3ccc(F)c(F)c3)C2)c1. The fraction of sp³-hybridized carbons (Fsp3) is 0.263. The van der Waals surface area contributed by atoms with Crippen molar-refractivity contribution >= 4 is 23.3 Å². The molecule has 1 fully saturated rings. The zero-order valence-electron chi connectivity index (χ0n) is 14.5. The van der Waals surface area contributed by atoms with Gasteiger partial charge in [-0.25, -0.2) is 13.6 Å². The van der Waals surface area contributed by atoms with Gasteiger partial charge in [0.05, 0.1) is 0 Å². The first-order valence-electron chi connectivity index (χ1n) is 8.57. The van der Waals surface area contributed by atoms with Gasteiger partial charge in [0.2, 0.25) is 5.91 Å². The Morgan fingerprint density at radius 3 is 2.70 bits per heavy atom. The number of nitrogens with one attached hydrogen (secondary N) is 2. The van der Waals surface area contributed by atoms with E-state index in [9.17, 15) is 18.4 Å². The molecule has 1 aliphatic rings. The molecule has 1 atom stereocenters. The highest BCUT2D eigenvalue weighted by atomic mass is 19.2. The highest BCUT2D eigenvalue weighted by Crippen LogP contribution is 2.25. The summed E-state index contributed by atoms with van der Waals surface area (Å²) >= 11 is 0. The molecule has 0 spiro atoms. The van der Waals surface area contributed by atoms with Gasteiger partial charge in [-0.05, 0) is 42.7 Å². The van der Waals surface area contributed by atoms with Crippen LogP contribution in [-0.4, -0.2) is 31.6 Å². The molecule has 0 aromatic heterocycles. The number of urea groups is 1. The van der Waals surface area contributed by atoms with E-state index in [-0.39, 0.29) is 11.9 Å². The fourth-order valence-electron chi connectivity index (χ4n) is 3.08. The number of benzene rings is 2. The predicted octanol–water partition coefficient (Wildman–Crippen LogP) is 2.71. The molecule has 2 aromatic rings. The van der Waals surface area contributed by atoms with Gasteiger partial charge in [-0.15, -0.1) is 0 Å². The van der Waals surface area contributed by atoms with Crippen molar-refractivity contribution in [3.63, 3.8) is 0 Å². The summed E-state index contributed by atoms with van der Waals surface area (Å²) in [5.41, 5.74) is 6.63. The number of nitrogens with zero attached hydrogens (tertiary/aromatic N) is 1. The number of carbonyl (C=O) groups is 2. The van der Waals surface area contributed by atoms with Crippen LogP contribution >= 0.6 is 0 Å². The van der Waals surface area contributed by atoms with Crippen molar-refractivity contribution in [1.29, 1.82) is 0 Å². The van der Waals surface area contributed by atoms with Gasteiger partial charge in [0.25, 0.3) is 0 Å². The molecule has 2 aromatic carbocycles. The minimum absolute atomic E-state index is 0.195. The van der Waals surface area contributed by atoms with E-state index in [4.69, 9.17) is 5.73 Å². The van der Waals surface area contributed by atoms with Crippen molar-refractivity contribution < 1.29 is 18.4 Å². The van der Waals surface area contributed by atoms with Crippen molar-refractivity contribution in [3.05, 3.63) is 59.7 Å². The highest BCUT2D eigenvalue weighted by molar-refractivity contribution is 5.95. The molecule has 3 rings (SSSR count). The van der Waals surface area contributed by atoms with Crippen molar-refractivity contribution in [3.8, 4) is 0 Å². The van der Waals surface area contributed by atoms with Crippen molar-refractivity contribution in [2.45, 2.75) is 6.42 Å². The Hall–Kier alpha value is -3.16. The molecule has 1 heterocycles. The van der Waals surface area contributed by atoms with Crippen LogP contribution in [0.15, 0.2) is 42.5 Å². The van der Waals surface area contributed by atoms with E-state index in [0.29, 0.717) is 36.6 Å². The summed E-state index contributed by atoms with van der Waals surface area (Å²) in [7, 11) is 0. The molecule has 4 N–H and O–H groups in total. The van der Waals surface area contributed by atoms with Gasteiger partial charge in [-0.3, -0.25) is 4.79 Å². The standard InChI is InChI=1S/C19H20F2N4O2/c20-16-5-4-15(9-17(16)21)25-7-6-12(11-25)10-23-19(27)24-14-3-1-2-13(8-14)18(22)26/h1-5,8-9,12H,6-7,10-11H2,(H2,22,26)(H2,23,24,27). The average Bonchev–Trinajstić information content (AvgIpc) is 3.11. The number of primary amides is 1. The van der Waals surface area contributed by atoms with Crippen LogP contribution in [0.5, 0.6) is 0 Å². The van der Waals surface area contributed by atoms with Gasteiger partial charge in [-0.1, -0.05) is 6.07 Å². The largest absolute Gasteiger partial charge is 0.371 e. The summed E-state index contributed by atoms with van der Waals surface area (Å²) in [5, 5.41) is 5.44. The molecular formula is C19H20F2N4O2. The molecule has 0 aliphatic carbocycles. The number of anilines is 2. The number of hydrogen-bond donors (Lipinski definition) is 3. The maximum absolute atomic E-state index is 13.4. The molecule has 0 saturated carbocycles. The number of nitrogens with two attached hydrogens (primary N) is 1. The predicted molar refractivity (Wildman–Crippen MR) is 98.7 cm³/mol. The smallest absolute Gasteiger partial charge is 0.319 e. The quantitative estimate of drug-likeness (QED) is 0.752. The Labute approximate surface area is 155 Å². The van der Waals surface area contributed by atoms with Crippen molar-refractivity contribution in [2.75, 3.05) is 29.9 Å². The minimum Gasteiger partial charge on any atom is -0.371 e. The fourth-order valence-corrected chi connectivity index (χ4v) is 3.08. The van der Waals surface area contributed by atoms with E-state index in [1.54, 1.807) is 24.3 Å². The Bertz CT molecular complexity index is 859. The van der Waals surface area contributed by atoms with Crippen LogP contribution in [0.4, 0.5) is 25.0 Å². The van der Waals surface area contributed by atoms with Crippen molar-refractivity contribution in [2.24, 2.45) is 11.7 Å². The lowest BCUT2D eigenvalue weighted by molar-refractivity contribution is 0.1000. The second-order valence-corrected chi connectivity index (χ2v) is 6.48. The Morgan fingerprint density at radius 1 is 1.15 bits per heavy atom. The summed E-state index contributed by atoms with van der Waals surface area (Å²) in [4.78, 5) is 25.2. The van der Waals surface area contributed by atoms with Crippen LogP contribution in [-0.2, 0) is 0 Å². The summed E-state index contributed by atoms with van der Waals surface area (Å²) < 4.78 is 26.4. The number of amides is 3. The first-order chi connectivity index (χ1) is 12.9. The average molecular weight is 374 g/mol. The van der Waals surface area contributed by atoms with Gasteiger partial charge < -0.3 is 21.3 Å². The van der Waals surface area contributed by atoms with E-state index in [0.717, 1.165) is 12.5 Å². The number of hydrogen-bond acceptors (Lipinski definition) is 3. The third-order valence-electron chi connectivity index (χ3n) is 4.51. The molecular weight excluding hydrogens is 354 g/mol. The molecule has 0 radical (unpaired) electrons. The third-order valence-corrected chi connectivity index (χ3v) is 4.51. The van der Waals surface area contributed by atoms with Gasteiger partial charge in [0, 0.05) is 42.6 Å². The van der Waals surface area contributed by atoms with Crippen LogP contribution < -0.4 is 21.3 Å². The first kappa shape index (κ1) is 18.6. The number of rotatable bonds is 5.